The van der Waals surface area contributed by atoms with Crippen LogP contribution in [0.4, 0.5) is 21.6 Å². The highest BCUT2D eigenvalue weighted by Gasteiger charge is 2.09. The third kappa shape index (κ3) is 4.14. The van der Waals surface area contributed by atoms with Gasteiger partial charge in [0.25, 0.3) is 5.91 Å². The van der Waals surface area contributed by atoms with E-state index >= 15 is 0 Å². The van der Waals surface area contributed by atoms with Crippen molar-refractivity contribution < 1.29 is 9.18 Å². The molecule has 3 aromatic rings. The number of hydrogen-bond donors (Lipinski definition) is 2. The lowest BCUT2D eigenvalue weighted by molar-refractivity contribution is 0.102. The Bertz CT molecular complexity index is 933. The Morgan fingerprint density at radius 2 is 1.80 bits per heavy atom. The van der Waals surface area contributed by atoms with E-state index in [1.165, 1.54) is 30.3 Å². The SMILES string of the molecule is N#Cc1cccc(Nc2ccc(C(=O)Nc3ccc(F)cc3)nn2)c1. The van der Waals surface area contributed by atoms with Crippen molar-refractivity contribution in [1.82, 2.24) is 10.2 Å². The predicted molar refractivity (Wildman–Crippen MR) is 90.8 cm³/mol. The highest BCUT2D eigenvalue weighted by atomic mass is 19.1. The van der Waals surface area contributed by atoms with Crippen molar-refractivity contribution >= 4 is 23.1 Å². The Labute approximate surface area is 143 Å². The fourth-order valence-electron chi connectivity index (χ4n) is 2.06. The molecule has 1 heterocycles. The van der Waals surface area contributed by atoms with Crippen molar-refractivity contribution in [2.75, 3.05) is 10.6 Å². The van der Waals surface area contributed by atoms with Crippen LogP contribution in [0, 0.1) is 17.1 Å². The smallest absolute Gasteiger partial charge is 0.276 e. The summed E-state index contributed by atoms with van der Waals surface area (Å²) in [5, 5.41) is 22.3. The molecule has 0 fully saturated rings. The molecule has 0 atom stereocenters. The molecule has 3 rings (SSSR count). The van der Waals surface area contributed by atoms with Crippen LogP contribution in [0.2, 0.25) is 0 Å². The molecule has 0 aliphatic heterocycles. The molecule has 0 radical (unpaired) electrons. The molecule has 0 saturated carbocycles. The summed E-state index contributed by atoms with van der Waals surface area (Å²) in [5.41, 5.74) is 1.80. The Morgan fingerprint density at radius 3 is 2.48 bits per heavy atom. The molecule has 122 valence electrons. The van der Waals surface area contributed by atoms with E-state index in [4.69, 9.17) is 5.26 Å². The summed E-state index contributed by atoms with van der Waals surface area (Å²) in [7, 11) is 0. The standard InChI is InChI=1S/C18H12FN5O/c19-13-4-6-14(7-5-13)22-18(25)16-8-9-17(24-23-16)21-15-3-1-2-12(10-15)11-20/h1-10H,(H,21,24)(H,22,25). The van der Waals surface area contributed by atoms with Crippen LogP contribution in [0.1, 0.15) is 16.1 Å². The van der Waals surface area contributed by atoms with Crippen molar-refractivity contribution in [3.8, 4) is 6.07 Å². The lowest BCUT2D eigenvalue weighted by Gasteiger charge is -2.07. The third-order valence-corrected chi connectivity index (χ3v) is 3.26. The van der Waals surface area contributed by atoms with Gasteiger partial charge in [-0.2, -0.15) is 5.26 Å². The van der Waals surface area contributed by atoms with Crippen molar-refractivity contribution in [2.45, 2.75) is 0 Å². The number of nitriles is 1. The number of carbonyl (C=O) groups excluding carboxylic acids is 1. The lowest BCUT2D eigenvalue weighted by Crippen LogP contribution is -2.14. The zero-order valence-corrected chi connectivity index (χ0v) is 12.9. The molecule has 6 nitrogen and oxygen atoms in total. The van der Waals surface area contributed by atoms with E-state index in [1.54, 1.807) is 30.3 Å². The summed E-state index contributed by atoms with van der Waals surface area (Å²) in [4.78, 5) is 12.1. The third-order valence-electron chi connectivity index (χ3n) is 3.26. The molecule has 2 aromatic carbocycles. The number of carbonyl (C=O) groups is 1. The second kappa shape index (κ2) is 7.19. The predicted octanol–water partition coefficient (Wildman–Crippen LogP) is 3.48. The van der Waals surface area contributed by atoms with Gasteiger partial charge < -0.3 is 10.6 Å². The van der Waals surface area contributed by atoms with Crippen LogP contribution in [0.15, 0.2) is 60.7 Å². The molecule has 0 saturated heterocycles. The normalized spacial score (nSPS) is 9.92. The minimum absolute atomic E-state index is 0.126. The second-order valence-corrected chi connectivity index (χ2v) is 5.08. The van der Waals surface area contributed by atoms with Gasteiger partial charge in [0, 0.05) is 11.4 Å². The molecule has 0 aliphatic carbocycles. The number of nitrogens with zero attached hydrogens (tertiary/aromatic N) is 3. The minimum Gasteiger partial charge on any atom is -0.339 e. The summed E-state index contributed by atoms with van der Waals surface area (Å²) in [5.74, 6) is -0.390. The lowest BCUT2D eigenvalue weighted by atomic mass is 10.2. The molecule has 0 spiro atoms. The molecule has 25 heavy (non-hydrogen) atoms. The van der Waals surface area contributed by atoms with Crippen molar-refractivity contribution in [3.05, 3.63) is 77.7 Å². The largest absolute Gasteiger partial charge is 0.339 e. The first-order valence-electron chi connectivity index (χ1n) is 7.32. The van der Waals surface area contributed by atoms with Crippen LogP contribution in [0.25, 0.3) is 0 Å². The van der Waals surface area contributed by atoms with E-state index in [0.717, 1.165) is 0 Å². The molecular weight excluding hydrogens is 321 g/mol. The van der Waals surface area contributed by atoms with Crippen LogP contribution < -0.4 is 10.6 Å². The maximum absolute atomic E-state index is 12.9. The average Bonchev–Trinajstić information content (AvgIpc) is 2.64. The number of halogens is 1. The maximum atomic E-state index is 12.9. The second-order valence-electron chi connectivity index (χ2n) is 5.08. The number of hydrogen-bond acceptors (Lipinski definition) is 5. The Morgan fingerprint density at radius 1 is 1.00 bits per heavy atom. The van der Waals surface area contributed by atoms with E-state index in [2.05, 4.69) is 26.9 Å². The fourth-order valence-corrected chi connectivity index (χ4v) is 2.06. The Kier molecular flexibility index (Phi) is 4.62. The number of benzene rings is 2. The molecule has 2 N–H and O–H groups in total. The van der Waals surface area contributed by atoms with Gasteiger partial charge in [-0.25, -0.2) is 4.39 Å². The van der Waals surface area contributed by atoms with E-state index in [0.29, 0.717) is 22.8 Å². The molecule has 0 aliphatic rings. The van der Waals surface area contributed by atoms with Crippen LogP contribution in [-0.4, -0.2) is 16.1 Å². The summed E-state index contributed by atoms with van der Waals surface area (Å²) in [6.07, 6.45) is 0. The van der Waals surface area contributed by atoms with Gasteiger partial charge >= 0.3 is 0 Å². The summed E-state index contributed by atoms with van der Waals surface area (Å²) in [6, 6.07) is 17.5. The summed E-state index contributed by atoms with van der Waals surface area (Å²) < 4.78 is 12.9. The van der Waals surface area contributed by atoms with Crippen molar-refractivity contribution in [3.63, 3.8) is 0 Å². The van der Waals surface area contributed by atoms with E-state index in [-0.39, 0.29) is 11.5 Å². The average molecular weight is 333 g/mol. The van der Waals surface area contributed by atoms with E-state index < -0.39 is 5.91 Å². The number of amides is 1. The Balaban J connectivity index is 1.68. The Hall–Kier alpha value is -3.79. The van der Waals surface area contributed by atoms with Gasteiger partial charge in [0.2, 0.25) is 0 Å². The zero-order valence-electron chi connectivity index (χ0n) is 12.9. The van der Waals surface area contributed by atoms with Crippen molar-refractivity contribution in [1.29, 1.82) is 5.26 Å². The van der Waals surface area contributed by atoms with E-state index in [9.17, 15) is 9.18 Å². The number of aromatic nitrogens is 2. The van der Waals surface area contributed by atoms with Crippen LogP contribution >= 0.6 is 0 Å². The van der Waals surface area contributed by atoms with Gasteiger partial charge in [0.05, 0.1) is 11.6 Å². The first kappa shape index (κ1) is 16.1. The van der Waals surface area contributed by atoms with Gasteiger partial charge in [-0.3, -0.25) is 4.79 Å². The quantitative estimate of drug-likeness (QED) is 0.763. The number of rotatable bonds is 4. The zero-order chi connectivity index (χ0) is 17.6. The molecule has 1 aromatic heterocycles. The van der Waals surface area contributed by atoms with Gasteiger partial charge in [0.15, 0.2) is 11.5 Å². The number of nitrogens with one attached hydrogen (secondary N) is 2. The molecule has 7 heteroatoms. The maximum Gasteiger partial charge on any atom is 0.276 e. The van der Waals surface area contributed by atoms with Crippen LogP contribution in [-0.2, 0) is 0 Å². The van der Waals surface area contributed by atoms with E-state index in [1.807, 2.05) is 0 Å². The molecular formula is C18H12FN5O. The molecule has 1 amide bonds. The fraction of sp³-hybridized carbons (Fsp3) is 0. The summed E-state index contributed by atoms with van der Waals surface area (Å²) in [6.45, 7) is 0. The van der Waals surface area contributed by atoms with Crippen LogP contribution in [0.5, 0.6) is 0 Å². The van der Waals surface area contributed by atoms with Gasteiger partial charge in [-0.05, 0) is 54.6 Å². The molecule has 0 unspecified atom stereocenters. The van der Waals surface area contributed by atoms with Gasteiger partial charge in [-0.1, -0.05) is 6.07 Å². The monoisotopic (exact) mass is 333 g/mol. The van der Waals surface area contributed by atoms with Gasteiger partial charge in [0.1, 0.15) is 5.82 Å². The molecule has 0 bridgehead atoms. The first-order chi connectivity index (χ1) is 12.1. The van der Waals surface area contributed by atoms with Crippen molar-refractivity contribution in [2.24, 2.45) is 0 Å². The minimum atomic E-state index is -0.447. The van der Waals surface area contributed by atoms with Gasteiger partial charge in [-0.15, -0.1) is 10.2 Å². The van der Waals surface area contributed by atoms with Crippen LogP contribution in [0.3, 0.4) is 0 Å². The highest BCUT2D eigenvalue weighted by molar-refractivity contribution is 6.02. The first-order valence-corrected chi connectivity index (χ1v) is 7.32. The number of anilines is 3. The topological polar surface area (TPSA) is 90.7 Å². The summed E-state index contributed by atoms with van der Waals surface area (Å²) >= 11 is 0. The highest BCUT2D eigenvalue weighted by Crippen LogP contribution is 2.16.